The average Bonchev–Trinajstić information content (AvgIpc) is 3.48. The van der Waals surface area contributed by atoms with Crippen molar-refractivity contribution >= 4 is 17.3 Å². The Balaban J connectivity index is 1.44. The number of nitrogens with one attached hydrogen (secondary N) is 1. The van der Waals surface area contributed by atoms with Gasteiger partial charge in [-0.15, -0.1) is 5.10 Å². The lowest BCUT2D eigenvalue weighted by atomic mass is 10.1. The Morgan fingerprint density at radius 1 is 1.21 bits per heavy atom. The van der Waals surface area contributed by atoms with Crippen molar-refractivity contribution in [2.45, 2.75) is 12.5 Å². The van der Waals surface area contributed by atoms with E-state index in [1.807, 2.05) is 41.3 Å². The SMILES string of the molecule is N#Cc1ccc(-c2cccn3nc(Nc4cnn(C5CCOC5)c4)nc23)cc1. The summed E-state index contributed by atoms with van der Waals surface area (Å²) < 4.78 is 9.09. The minimum atomic E-state index is 0.285. The third-order valence-electron chi connectivity index (χ3n) is 4.82. The molecule has 0 aliphatic carbocycles. The number of nitriles is 1. The van der Waals surface area contributed by atoms with E-state index in [0.717, 1.165) is 35.5 Å². The first-order valence-electron chi connectivity index (χ1n) is 9.05. The lowest BCUT2D eigenvalue weighted by molar-refractivity contribution is 0.184. The van der Waals surface area contributed by atoms with Crippen LogP contribution in [0.25, 0.3) is 16.8 Å². The molecule has 4 aromatic rings. The van der Waals surface area contributed by atoms with Crippen LogP contribution in [0.1, 0.15) is 18.0 Å². The Bertz CT molecular complexity index is 1160. The number of hydrogen-bond donors (Lipinski definition) is 1. The van der Waals surface area contributed by atoms with Crippen LogP contribution < -0.4 is 5.32 Å². The molecule has 8 heteroatoms. The summed E-state index contributed by atoms with van der Waals surface area (Å²) in [5.74, 6) is 0.503. The van der Waals surface area contributed by atoms with Crippen LogP contribution in [0.15, 0.2) is 55.0 Å². The van der Waals surface area contributed by atoms with E-state index in [9.17, 15) is 0 Å². The van der Waals surface area contributed by atoms with Gasteiger partial charge in [0.25, 0.3) is 0 Å². The van der Waals surface area contributed by atoms with Crippen LogP contribution >= 0.6 is 0 Å². The molecule has 8 nitrogen and oxygen atoms in total. The first-order valence-corrected chi connectivity index (χ1v) is 9.05. The minimum Gasteiger partial charge on any atom is -0.379 e. The zero-order valence-corrected chi connectivity index (χ0v) is 15.0. The largest absolute Gasteiger partial charge is 0.379 e. The summed E-state index contributed by atoms with van der Waals surface area (Å²) in [6.45, 7) is 1.47. The number of hydrogen-bond acceptors (Lipinski definition) is 6. The summed E-state index contributed by atoms with van der Waals surface area (Å²) in [6, 6.07) is 13.8. The van der Waals surface area contributed by atoms with Gasteiger partial charge in [0.2, 0.25) is 5.95 Å². The summed E-state index contributed by atoms with van der Waals surface area (Å²) in [5, 5.41) is 21.1. The van der Waals surface area contributed by atoms with Gasteiger partial charge in [0.15, 0.2) is 5.65 Å². The molecule has 1 aliphatic heterocycles. The molecule has 0 radical (unpaired) electrons. The minimum absolute atomic E-state index is 0.285. The molecular weight excluding hydrogens is 354 g/mol. The van der Waals surface area contributed by atoms with Crippen molar-refractivity contribution in [3.05, 3.63) is 60.6 Å². The predicted octanol–water partition coefficient (Wildman–Crippen LogP) is 3.17. The van der Waals surface area contributed by atoms with Gasteiger partial charge in [0, 0.05) is 24.6 Å². The standard InChI is InChI=1S/C20H17N7O/c21-10-14-3-5-15(6-4-14)18-2-1-8-26-19(18)24-20(25-26)23-16-11-22-27(12-16)17-7-9-28-13-17/h1-6,8,11-12,17H,7,9,13H2,(H,23,25). The van der Waals surface area contributed by atoms with Crippen molar-refractivity contribution in [3.8, 4) is 17.2 Å². The molecule has 5 rings (SSSR count). The molecule has 0 amide bonds. The average molecular weight is 371 g/mol. The van der Waals surface area contributed by atoms with Gasteiger partial charge in [-0.1, -0.05) is 12.1 Å². The van der Waals surface area contributed by atoms with Gasteiger partial charge in [0.05, 0.1) is 36.2 Å². The van der Waals surface area contributed by atoms with Crippen LogP contribution in [0.3, 0.4) is 0 Å². The summed E-state index contributed by atoms with van der Waals surface area (Å²) in [5.41, 5.74) is 4.14. The van der Waals surface area contributed by atoms with E-state index in [4.69, 9.17) is 10.00 Å². The van der Waals surface area contributed by atoms with Gasteiger partial charge < -0.3 is 10.1 Å². The lowest BCUT2D eigenvalue weighted by Gasteiger charge is -2.06. The second kappa shape index (κ2) is 6.79. The van der Waals surface area contributed by atoms with Crippen LogP contribution in [0.5, 0.6) is 0 Å². The summed E-state index contributed by atoms with van der Waals surface area (Å²) in [4.78, 5) is 4.65. The molecule has 0 spiro atoms. The van der Waals surface area contributed by atoms with Crippen LogP contribution in [0, 0.1) is 11.3 Å². The maximum absolute atomic E-state index is 8.99. The van der Waals surface area contributed by atoms with E-state index >= 15 is 0 Å². The maximum atomic E-state index is 8.99. The van der Waals surface area contributed by atoms with Crippen LogP contribution in [0.2, 0.25) is 0 Å². The van der Waals surface area contributed by atoms with Crippen LogP contribution in [-0.4, -0.2) is 37.6 Å². The van der Waals surface area contributed by atoms with E-state index in [1.54, 1.807) is 22.8 Å². The number of benzene rings is 1. The van der Waals surface area contributed by atoms with Crippen molar-refractivity contribution in [1.29, 1.82) is 5.26 Å². The molecule has 138 valence electrons. The fourth-order valence-electron chi connectivity index (χ4n) is 3.37. The Morgan fingerprint density at radius 2 is 2.11 bits per heavy atom. The van der Waals surface area contributed by atoms with E-state index in [2.05, 4.69) is 26.6 Å². The first-order chi connectivity index (χ1) is 13.8. The van der Waals surface area contributed by atoms with E-state index in [0.29, 0.717) is 18.1 Å². The molecule has 1 N–H and O–H groups in total. The van der Waals surface area contributed by atoms with E-state index in [-0.39, 0.29) is 6.04 Å². The van der Waals surface area contributed by atoms with Crippen molar-refractivity contribution in [1.82, 2.24) is 24.4 Å². The Labute approximate surface area is 161 Å². The summed E-state index contributed by atoms with van der Waals surface area (Å²) in [7, 11) is 0. The fourth-order valence-corrected chi connectivity index (χ4v) is 3.37. The molecule has 1 unspecified atom stereocenters. The van der Waals surface area contributed by atoms with Gasteiger partial charge in [-0.25, -0.2) is 4.52 Å². The van der Waals surface area contributed by atoms with Crippen LogP contribution in [-0.2, 0) is 4.74 Å². The van der Waals surface area contributed by atoms with Crippen molar-refractivity contribution in [2.75, 3.05) is 18.5 Å². The number of fused-ring (bicyclic) bond motifs is 1. The number of nitrogens with zero attached hydrogens (tertiary/aromatic N) is 6. The Hall–Kier alpha value is -3.70. The molecule has 1 saturated heterocycles. The third-order valence-corrected chi connectivity index (χ3v) is 4.82. The Morgan fingerprint density at radius 3 is 2.89 bits per heavy atom. The number of aromatic nitrogens is 5. The van der Waals surface area contributed by atoms with Crippen LogP contribution in [0.4, 0.5) is 11.6 Å². The molecule has 1 aliphatic rings. The second-order valence-corrected chi connectivity index (χ2v) is 6.67. The van der Waals surface area contributed by atoms with Gasteiger partial charge in [-0.2, -0.15) is 15.3 Å². The molecule has 1 atom stereocenters. The molecule has 28 heavy (non-hydrogen) atoms. The van der Waals surface area contributed by atoms with Gasteiger partial charge in [0.1, 0.15) is 0 Å². The van der Waals surface area contributed by atoms with Gasteiger partial charge in [-0.3, -0.25) is 4.68 Å². The third kappa shape index (κ3) is 2.98. The molecule has 0 bridgehead atoms. The molecule has 4 heterocycles. The maximum Gasteiger partial charge on any atom is 0.247 e. The highest BCUT2D eigenvalue weighted by Gasteiger charge is 2.18. The first kappa shape index (κ1) is 16.5. The summed E-state index contributed by atoms with van der Waals surface area (Å²) in [6.07, 6.45) is 6.56. The molecule has 1 aromatic carbocycles. The quantitative estimate of drug-likeness (QED) is 0.592. The van der Waals surface area contributed by atoms with Crippen molar-refractivity contribution < 1.29 is 4.74 Å². The Kier molecular flexibility index (Phi) is 4.00. The topological polar surface area (TPSA) is 93.1 Å². The molecule has 0 saturated carbocycles. The smallest absolute Gasteiger partial charge is 0.247 e. The predicted molar refractivity (Wildman–Crippen MR) is 103 cm³/mol. The van der Waals surface area contributed by atoms with Gasteiger partial charge >= 0.3 is 0 Å². The van der Waals surface area contributed by atoms with E-state index < -0.39 is 0 Å². The fraction of sp³-hybridized carbons (Fsp3) is 0.200. The number of rotatable bonds is 4. The highest BCUT2D eigenvalue weighted by molar-refractivity contribution is 5.78. The van der Waals surface area contributed by atoms with Gasteiger partial charge in [-0.05, 0) is 36.2 Å². The number of ether oxygens (including phenoxy) is 1. The monoisotopic (exact) mass is 371 g/mol. The number of pyridine rings is 1. The van der Waals surface area contributed by atoms with Crippen molar-refractivity contribution in [3.63, 3.8) is 0 Å². The highest BCUT2D eigenvalue weighted by atomic mass is 16.5. The van der Waals surface area contributed by atoms with E-state index in [1.165, 1.54) is 0 Å². The summed E-state index contributed by atoms with van der Waals surface area (Å²) >= 11 is 0. The molecular formula is C20H17N7O. The number of anilines is 2. The molecule has 1 fully saturated rings. The lowest BCUT2D eigenvalue weighted by Crippen LogP contribution is -2.08. The second-order valence-electron chi connectivity index (χ2n) is 6.67. The zero-order valence-electron chi connectivity index (χ0n) is 15.0. The zero-order chi connectivity index (χ0) is 18.9. The highest BCUT2D eigenvalue weighted by Crippen LogP contribution is 2.26. The molecule has 3 aromatic heterocycles. The normalized spacial score (nSPS) is 16.3. The van der Waals surface area contributed by atoms with Crippen molar-refractivity contribution in [2.24, 2.45) is 0 Å².